The van der Waals surface area contributed by atoms with Crippen LogP contribution in [0.2, 0.25) is 0 Å². The number of nitriles is 1. The Kier molecular flexibility index (Phi) is 7.15. The molecule has 27 heavy (non-hydrogen) atoms. The highest BCUT2D eigenvalue weighted by Crippen LogP contribution is 2.16. The second kappa shape index (κ2) is 9.78. The summed E-state index contributed by atoms with van der Waals surface area (Å²) in [4.78, 5) is 24.1. The number of rotatable bonds is 7. The fraction of sp³-hybridized carbons (Fsp3) is 0.190. The minimum absolute atomic E-state index is 0.0356. The van der Waals surface area contributed by atoms with Gasteiger partial charge in [-0.2, -0.15) is 5.26 Å². The minimum atomic E-state index is -0.533. The van der Waals surface area contributed by atoms with Gasteiger partial charge in [0.05, 0.1) is 19.3 Å². The summed E-state index contributed by atoms with van der Waals surface area (Å²) in [6.07, 6.45) is 2.24. The molecule has 2 rings (SSSR count). The van der Waals surface area contributed by atoms with Gasteiger partial charge in [-0.3, -0.25) is 4.79 Å². The van der Waals surface area contributed by atoms with E-state index in [-0.39, 0.29) is 5.57 Å². The van der Waals surface area contributed by atoms with Crippen molar-refractivity contribution in [3.63, 3.8) is 0 Å². The molecule has 1 amide bonds. The zero-order valence-electron chi connectivity index (χ0n) is 15.2. The number of methoxy groups -OCH3 is 1. The second-order valence-electron chi connectivity index (χ2n) is 5.61. The van der Waals surface area contributed by atoms with Crippen molar-refractivity contribution in [2.75, 3.05) is 19.0 Å². The van der Waals surface area contributed by atoms with Crippen LogP contribution in [0, 0.1) is 11.3 Å². The molecule has 0 aliphatic carbocycles. The number of hydrogen-bond donors (Lipinski definition) is 1. The summed E-state index contributed by atoms with van der Waals surface area (Å²) in [6, 6.07) is 15.2. The monoisotopic (exact) mass is 364 g/mol. The number of hydrogen-bond acceptors (Lipinski definition) is 5. The van der Waals surface area contributed by atoms with Crippen molar-refractivity contribution in [2.24, 2.45) is 0 Å². The normalized spacial score (nSPS) is 10.6. The van der Waals surface area contributed by atoms with Gasteiger partial charge < -0.3 is 14.8 Å². The number of ether oxygens (including phenoxy) is 2. The first-order valence-electron chi connectivity index (χ1n) is 8.41. The summed E-state index contributed by atoms with van der Waals surface area (Å²) in [6.45, 7) is 2.27. The van der Waals surface area contributed by atoms with Gasteiger partial charge in [0.15, 0.2) is 0 Å². The lowest BCUT2D eigenvalue weighted by molar-refractivity contribution is -0.112. The smallest absolute Gasteiger partial charge is 0.338 e. The lowest BCUT2D eigenvalue weighted by Gasteiger charge is -2.06. The van der Waals surface area contributed by atoms with Gasteiger partial charge in [-0.1, -0.05) is 19.1 Å². The Bertz CT molecular complexity index is 863. The molecule has 0 atom stereocenters. The number of nitrogens with one attached hydrogen (secondary N) is 1. The maximum Gasteiger partial charge on any atom is 0.338 e. The van der Waals surface area contributed by atoms with Gasteiger partial charge in [0.25, 0.3) is 5.91 Å². The van der Waals surface area contributed by atoms with E-state index >= 15 is 0 Å². The van der Waals surface area contributed by atoms with Crippen molar-refractivity contribution in [1.29, 1.82) is 5.26 Å². The van der Waals surface area contributed by atoms with Crippen molar-refractivity contribution >= 4 is 23.6 Å². The van der Waals surface area contributed by atoms with Crippen molar-refractivity contribution in [1.82, 2.24) is 0 Å². The van der Waals surface area contributed by atoms with E-state index in [1.807, 2.05) is 13.0 Å². The molecule has 0 aromatic heterocycles. The van der Waals surface area contributed by atoms with Crippen LogP contribution < -0.4 is 10.1 Å². The first-order valence-corrected chi connectivity index (χ1v) is 8.41. The molecule has 0 aliphatic heterocycles. The largest absolute Gasteiger partial charge is 0.497 e. The molecule has 6 nitrogen and oxygen atoms in total. The molecule has 0 heterocycles. The Morgan fingerprint density at radius 1 is 1.11 bits per heavy atom. The average molecular weight is 364 g/mol. The first-order chi connectivity index (χ1) is 13.1. The quantitative estimate of drug-likeness (QED) is 0.458. The van der Waals surface area contributed by atoms with Crippen LogP contribution in [0.1, 0.15) is 29.3 Å². The van der Waals surface area contributed by atoms with Gasteiger partial charge in [-0.25, -0.2) is 4.79 Å². The standard InChI is InChI=1S/C21H20N2O4/c1-3-12-27-21(25)16-6-8-18(9-7-16)23-20(24)17(14-22)13-15-4-10-19(26-2)11-5-15/h4-11,13H,3,12H2,1-2H3,(H,23,24)/b17-13+. The third kappa shape index (κ3) is 5.72. The number of nitrogens with zero attached hydrogens (tertiary/aromatic N) is 1. The third-order valence-corrected chi connectivity index (χ3v) is 3.61. The zero-order valence-corrected chi connectivity index (χ0v) is 15.2. The van der Waals surface area contributed by atoms with E-state index in [9.17, 15) is 14.9 Å². The van der Waals surface area contributed by atoms with Gasteiger partial charge in [0.1, 0.15) is 17.4 Å². The molecule has 0 bridgehead atoms. The zero-order chi connectivity index (χ0) is 19.6. The summed E-state index contributed by atoms with van der Waals surface area (Å²) in [5.74, 6) is -0.255. The predicted molar refractivity (Wildman–Crippen MR) is 102 cm³/mol. The Morgan fingerprint density at radius 2 is 1.78 bits per heavy atom. The fourth-order valence-electron chi connectivity index (χ4n) is 2.18. The van der Waals surface area contributed by atoms with Crippen LogP contribution >= 0.6 is 0 Å². The maximum absolute atomic E-state index is 12.3. The molecular formula is C21H20N2O4. The second-order valence-corrected chi connectivity index (χ2v) is 5.61. The SMILES string of the molecule is CCCOC(=O)c1ccc(NC(=O)/C(C#N)=C/c2ccc(OC)cc2)cc1. The third-order valence-electron chi connectivity index (χ3n) is 3.61. The average Bonchev–Trinajstić information content (AvgIpc) is 2.71. The summed E-state index contributed by atoms with van der Waals surface area (Å²) in [5, 5.41) is 11.9. The molecule has 2 aromatic carbocycles. The van der Waals surface area contributed by atoms with Crippen LogP contribution in [0.25, 0.3) is 6.08 Å². The Morgan fingerprint density at radius 3 is 2.33 bits per heavy atom. The molecule has 138 valence electrons. The molecule has 0 radical (unpaired) electrons. The van der Waals surface area contributed by atoms with Crippen molar-refractivity contribution in [3.05, 3.63) is 65.2 Å². The van der Waals surface area contributed by atoms with E-state index in [4.69, 9.17) is 9.47 Å². The topological polar surface area (TPSA) is 88.4 Å². The maximum atomic E-state index is 12.3. The number of anilines is 1. The molecule has 0 aliphatic rings. The Hall–Kier alpha value is -3.59. The van der Waals surface area contributed by atoms with E-state index in [0.717, 1.165) is 6.42 Å². The number of amides is 1. The van der Waals surface area contributed by atoms with Gasteiger partial charge in [0.2, 0.25) is 0 Å². The molecule has 0 saturated carbocycles. The Balaban J connectivity index is 2.06. The summed E-state index contributed by atoms with van der Waals surface area (Å²) in [7, 11) is 1.56. The summed E-state index contributed by atoms with van der Waals surface area (Å²) in [5.41, 5.74) is 1.54. The van der Waals surface area contributed by atoms with Crippen LogP contribution in [-0.4, -0.2) is 25.6 Å². The molecule has 2 aromatic rings. The van der Waals surface area contributed by atoms with Gasteiger partial charge >= 0.3 is 5.97 Å². The fourth-order valence-corrected chi connectivity index (χ4v) is 2.18. The number of benzene rings is 2. The molecule has 1 N–H and O–H groups in total. The van der Waals surface area contributed by atoms with Crippen LogP contribution in [0.3, 0.4) is 0 Å². The van der Waals surface area contributed by atoms with Crippen LogP contribution in [0.15, 0.2) is 54.1 Å². The number of esters is 1. The van der Waals surface area contributed by atoms with Gasteiger partial charge in [-0.05, 0) is 54.5 Å². The minimum Gasteiger partial charge on any atom is -0.497 e. The molecule has 0 spiro atoms. The van der Waals surface area contributed by atoms with Gasteiger partial charge in [-0.15, -0.1) is 0 Å². The molecule has 6 heteroatoms. The van der Waals surface area contributed by atoms with Crippen LogP contribution in [-0.2, 0) is 9.53 Å². The highest BCUT2D eigenvalue weighted by Gasteiger charge is 2.11. The van der Waals surface area contributed by atoms with E-state index in [1.165, 1.54) is 6.08 Å². The highest BCUT2D eigenvalue weighted by atomic mass is 16.5. The van der Waals surface area contributed by atoms with Crippen molar-refractivity contribution in [3.8, 4) is 11.8 Å². The lowest BCUT2D eigenvalue weighted by atomic mass is 10.1. The molecule has 0 unspecified atom stereocenters. The first kappa shape index (κ1) is 19.7. The van der Waals surface area contributed by atoms with E-state index in [1.54, 1.807) is 55.6 Å². The summed E-state index contributed by atoms with van der Waals surface area (Å²) < 4.78 is 10.1. The van der Waals surface area contributed by atoms with Crippen LogP contribution in [0.5, 0.6) is 5.75 Å². The van der Waals surface area contributed by atoms with Crippen LogP contribution in [0.4, 0.5) is 5.69 Å². The molecule has 0 saturated heterocycles. The number of carbonyl (C=O) groups is 2. The highest BCUT2D eigenvalue weighted by molar-refractivity contribution is 6.09. The van der Waals surface area contributed by atoms with Crippen molar-refractivity contribution in [2.45, 2.75) is 13.3 Å². The van der Waals surface area contributed by atoms with E-state index in [2.05, 4.69) is 5.32 Å². The number of carbonyl (C=O) groups excluding carboxylic acids is 2. The van der Waals surface area contributed by atoms with Crippen molar-refractivity contribution < 1.29 is 19.1 Å². The predicted octanol–water partition coefficient (Wildman–Crippen LogP) is 3.81. The van der Waals surface area contributed by atoms with Gasteiger partial charge in [0, 0.05) is 5.69 Å². The Labute approximate surface area is 158 Å². The van der Waals surface area contributed by atoms with E-state index < -0.39 is 11.9 Å². The molecule has 0 fully saturated rings. The van der Waals surface area contributed by atoms with E-state index in [0.29, 0.717) is 29.2 Å². The lowest BCUT2D eigenvalue weighted by Crippen LogP contribution is -2.13. The summed E-state index contributed by atoms with van der Waals surface area (Å²) >= 11 is 0. The molecular weight excluding hydrogens is 344 g/mol.